The van der Waals surface area contributed by atoms with E-state index in [0.717, 1.165) is 54.9 Å². The number of carbonyl (C=O) groups is 12. The molecule has 111 heavy (non-hydrogen) atoms. The molecule has 30 heteroatoms. The van der Waals surface area contributed by atoms with Crippen molar-refractivity contribution in [1.82, 2.24) is 36.1 Å². The zero-order valence-electron chi connectivity index (χ0n) is 63.5. The number of hydrogen-bond donors (Lipinski definition) is 8. The van der Waals surface area contributed by atoms with Gasteiger partial charge in [-0.15, -0.1) is 23.1 Å². The highest BCUT2D eigenvalue weighted by Gasteiger charge is 2.31. The number of aromatic nitrogens is 1. The van der Waals surface area contributed by atoms with Crippen LogP contribution in [-0.2, 0) is 71.3 Å². The number of nitrogens with one attached hydrogen (secondary N) is 4. The number of aromatic hydroxyl groups is 2. The summed E-state index contributed by atoms with van der Waals surface area (Å²) in [5.74, 6) is -1.31. The van der Waals surface area contributed by atoms with Crippen molar-refractivity contribution in [2.24, 2.45) is 11.8 Å². The molecule has 600 valence electrons. The monoisotopic (exact) mass is 1630 g/mol. The van der Waals surface area contributed by atoms with E-state index in [1.54, 1.807) is 82.7 Å². The van der Waals surface area contributed by atoms with Gasteiger partial charge in [0.1, 0.15) is 46.8 Å². The maximum absolute atomic E-state index is 12.7. The van der Waals surface area contributed by atoms with E-state index in [1.165, 1.54) is 49.8 Å². The minimum atomic E-state index is -0.833. The summed E-state index contributed by atoms with van der Waals surface area (Å²) in [6.07, 6.45) is 7.29. The van der Waals surface area contributed by atoms with Gasteiger partial charge < -0.3 is 70.6 Å². The molecular formula is C81H100Cl3N7O18S2. The molecule has 2 fully saturated rings. The summed E-state index contributed by atoms with van der Waals surface area (Å²) < 4.78 is 11.8. The Bertz CT molecular complexity index is 3820. The van der Waals surface area contributed by atoms with Crippen LogP contribution < -0.4 is 30.7 Å². The van der Waals surface area contributed by atoms with Gasteiger partial charge in [-0.05, 0) is 110 Å². The van der Waals surface area contributed by atoms with Crippen LogP contribution in [0, 0.1) is 11.8 Å². The molecule has 3 heterocycles. The van der Waals surface area contributed by atoms with E-state index in [2.05, 4.69) is 53.9 Å². The second-order valence-electron chi connectivity index (χ2n) is 24.9. The predicted octanol–water partition coefficient (Wildman–Crippen LogP) is 12.6. The molecule has 0 aliphatic carbocycles. The largest absolute Gasteiger partial charge is 0.508 e. The van der Waals surface area contributed by atoms with Crippen molar-refractivity contribution in [3.8, 4) is 33.4 Å². The SMILES string of the molecule is CC(=O)C[C@@H](Cc1ccc(O)cc1)C(=O)NCC(=O)N1CC[C@@H](Oc2ccccc2)C1.CC(=O)C[C@@H](Cc1ccc(O)cc1)C(=O)NCC(=O)N1CC[C@@H](Oc2ccccc2)C1.CC(=O)O.CC(=O)O.CCC.CCC.O=CNCC(=O)CSCc1ccccc1Cl.O=CNCC(=O)c1ncc(-c2c(Cl)cccc2Cl)s1. The molecule has 2 saturated heterocycles. The number of benzene rings is 6. The number of amides is 6. The van der Waals surface area contributed by atoms with Crippen LogP contribution in [0.1, 0.15) is 120 Å². The highest BCUT2D eigenvalue weighted by molar-refractivity contribution is 7.99. The van der Waals surface area contributed by atoms with Crippen LogP contribution >= 0.6 is 57.9 Å². The first-order chi connectivity index (χ1) is 53.0. The summed E-state index contributed by atoms with van der Waals surface area (Å²) >= 11 is 20.8. The average Bonchev–Trinajstić information content (AvgIpc) is 1.72. The highest BCUT2D eigenvalue weighted by atomic mass is 35.5. The van der Waals surface area contributed by atoms with Gasteiger partial charge in [0.05, 0.1) is 59.9 Å². The number of para-hydroxylation sites is 2. The fourth-order valence-electron chi connectivity index (χ4n) is 9.92. The minimum absolute atomic E-state index is 0.00385. The number of carboxylic acids is 2. The second kappa shape index (κ2) is 56.1. The minimum Gasteiger partial charge on any atom is -0.508 e. The Balaban J connectivity index is 0.000000487. The van der Waals surface area contributed by atoms with Crippen LogP contribution in [0.15, 0.2) is 158 Å². The molecule has 9 rings (SSSR count). The summed E-state index contributed by atoms with van der Waals surface area (Å²) in [4.78, 5) is 143. The molecule has 2 aliphatic rings. The summed E-state index contributed by atoms with van der Waals surface area (Å²) in [6.45, 7) is 15.5. The molecule has 25 nitrogen and oxygen atoms in total. The van der Waals surface area contributed by atoms with Gasteiger partial charge in [-0.25, -0.2) is 4.98 Å². The number of aliphatic carboxylic acids is 2. The number of rotatable bonds is 30. The van der Waals surface area contributed by atoms with Crippen molar-refractivity contribution in [1.29, 1.82) is 0 Å². The zero-order valence-corrected chi connectivity index (χ0v) is 67.4. The zero-order chi connectivity index (χ0) is 82.6. The number of nitrogens with zero attached hydrogens (tertiary/aromatic N) is 3. The van der Waals surface area contributed by atoms with E-state index in [4.69, 9.17) is 64.1 Å². The molecule has 1 aromatic heterocycles. The Labute approximate surface area is 671 Å². The second-order valence-corrected chi connectivity index (χ2v) is 28.1. The van der Waals surface area contributed by atoms with Gasteiger partial charge in [-0.3, -0.25) is 47.9 Å². The molecule has 0 saturated carbocycles. The van der Waals surface area contributed by atoms with Crippen LogP contribution in [0.3, 0.4) is 0 Å². The summed E-state index contributed by atoms with van der Waals surface area (Å²) in [6, 6.07) is 44.8. The number of ketones is 4. The van der Waals surface area contributed by atoms with E-state index < -0.39 is 23.8 Å². The van der Waals surface area contributed by atoms with Crippen molar-refractivity contribution in [2.45, 2.75) is 125 Å². The van der Waals surface area contributed by atoms with Crippen LogP contribution in [0.5, 0.6) is 23.0 Å². The first kappa shape index (κ1) is 96.9. The molecule has 2 aliphatic heterocycles. The molecule has 6 amide bonds. The molecule has 4 atom stereocenters. The Morgan fingerprint density at radius 2 is 0.937 bits per heavy atom. The smallest absolute Gasteiger partial charge is 0.300 e. The van der Waals surface area contributed by atoms with Gasteiger partial charge >= 0.3 is 0 Å². The number of carboxylic acid groups (broad SMARTS) is 2. The van der Waals surface area contributed by atoms with Crippen molar-refractivity contribution in [2.75, 3.05) is 58.1 Å². The number of likely N-dealkylation sites (tertiary alicyclic amines) is 2. The Morgan fingerprint density at radius 1 is 0.550 bits per heavy atom. The lowest BCUT2D eigenvalue weighted by Gasteiger charge is -2.19. The van der Waals surface area contributed by atoms with Crippen LogP contribution in [-0.4, -0.2) is 177 Å². The number of halogens is 3. The lowest BCUT2D eigenvalue weighted by molar-refractivity contribution is -0.135. The fraction of sp³-hybridized carbons (Fsp3) is 0.370. The normalized spacial score (nSPS) is 13.2. The molecule has 7 aromatic rings. The van der Waals surface area contributed by atoms with E-state index in [9.17, 15) is 58.2 Å². The number of thioether (sulfide) groups is 1. The van der Waals surface area contributed by atoms with E-state index in [-0.39, 0.29) is 109 Å². The molecule has 0 spiro atoms. The average molecular weight is 1630 g/mol. The number of phenols is 2. The third kappa shape index (κ3) is 42.5. The van der Waals surface area contributed by atoms with Gasteiger partial charge in [0.25, 0.3) is 11.9 Å². The Hall–Kier alpha value is -10.2. The molecule has 6 aromatic carbocycles. The number of hydrogen-bond acceptors (Lipinski definition) is 19. The molecular weight excluding hydrogens is 1530 g/mol. The third-order valence-corrected chi connectivity index (χ3v) is 17.8. The third-order valence-electron chi connectivity index (χ3n) is 14.7. The number of thiazole rings is 1. The first-order valence-corrected chi connectivity index (χ1v) is 38.7. The highest BCUT2D eigenvalue weighted by Crippen LogP contribution is 2.38. The van der Waals surface area contributed by atoms with E-state index in [1.807, 2.05) is 84.9 Å². The quantitative estimate of drug-likeness (QED) is 0.0153. The van der Waals surface area contributed by atoms with Crippen LogP contribution in [0.25, 0.3) is 10.4 Å². The molecule has 0 bridgehead atoms. The molecule has 0 radical (unpaired) electrons. The van der Waals surface area contributed by atoms with Crippen molar-refractivity contribution in [3.05, 3.63) is 195 Å². The van der Waals surface area contributed by atoms with Crippen molar-refractivity contribution < 1.29 is 87.4 Å². The first-order valence-electron chi connectivity index (χ1n) is 35.6. The van der Waals surface area contributed by atoms with Crippen molar-refractivity contribution in [3.63, 3.8) is 0 Å². The van der Waals surface area contributed by atoms with Crippen LogP contribution in [0.2, 0.25) is 15.1 Å². The fourth-order valence-corrected chi connectivity index (χ4v) is 12.7. The van der Waals surface area contributed by atoms with Crippen molar-refractivity contribution >= 4 is 129 Å². The van der Waals surface area contributed by atoms with E-state index in [0.29, 0.717) is 93.9 Å². The standard InChI is InChI=1S/2C24H28N2O5.C12H8Cl2N2O2S.C11H12ClNO2S.2C3H8.2C2H4O2/c2*1-17(27)13-19(14-18-7-9-20(28)10-8-18)24(30)25-15-23(29)26-12-11-22(16-26)31-21-5-3-2-4-6-21;13-7-2-1-3-8(14)11(7)10-5-16-12(19-10)9(18)4-15-6-17;12-11-4-2-1-3-9(11)6-16-7-10(15)5-13-8-14;2*1-3-2;2*1-2(3)4/h2*2-10,19,22,28H,11-16H2,1H3,(H,25,30);1-3,5-6H,4H2,(H,15,17);1-4,8H,5-7H2,(H,13,14);2*3H2,1-2H3;2*1H3,(H,3,4)/t2*19-,22+;;;;;;/m00....../s1. The molecule has 8 N–H and O–H groups in total. The lowest BCUT2D eigenvalue weighted by Crippen LogP contribution is -2.42. The Morgan fingerprint density at radius 3 is 1.33 bits per heavy atom. The molecule has 0 unspecified atom stereocenters. The Kier molecular flexibility index (Phi) is 49.0. The number of ether oxygens (including phenoxy) is 2. The topological polar surface area (TPSA) is 372 Å². The predicted molar refractivity (Wildman–Crippen MR) is 433 cm³/mol. The van der Waals surface area contributed by atoms with Gasteiger partial charge in [-0.2, -0.15) is 0 Å². The maximum Gasteiger partial charge on any atom is 0.300 e. The summed E-state index contributed by atoms with van der Waals surface area (Å²) in [7, 11) is 0. The van der Waals surface area contributed by atoms with Gasteiger partial charge in [0.15, 0.2) is 10.8 Å². The number of phenolic OH excluding ortho intramolecular Hbond substituents is 2. The van der Waals surface area contributed by atoms with Gasteiger partial charge in [0, 0.05) is 87.0 Å². The summed E-state index contributed by atoms with van der Waals surface area (Å²) in [5, 5.41) is 45.7. The number of carbonyl (C=O) groups excluding carboxylic acids is 10. The summed E-state index contributed by atoms with van der Waals surface area (Å²) in [5.41, 5.74) is 3.35. The maximum atomic E-state index is 12.7. The van der Waals surface area contributed by atoms with Crippen LogP contribution in [0.4, 0.5) is 0 Å². The van der Waals surface area contributed by atoms with Gasteiger partial charge in [0.2, 0.25) is 42.2 Å². The van der Waals surface area contributed by atoms with Gasteiger partial charge in [-0.1, -0.05) is 160 Å². The lowest BCUT2D eigenvalue weighted by atomic mass is 9.93. The number of Topliss-reactive ketones (excluding diaryl/α,β-unsaturated/α-hetero) is 4. The van der Waals surface area contributed by atoms with E-state index >= 15 is 0 Å².